The molecule has 29 heavy (non-hydrogen) atoms. The molecular formula is C23H26F2N2O2. The van der Waals surface area contributed by atoms with E-state index in [2.05, 4.69) is 0 Å². The quantitative estimate of drug-likeness (QED) is 0.843. The van der Waals surface area contributed by atoms with Gasteiger partial charge in [0.05, 0.1) is 12.1 Å². The standard InChI is InChI=1S/C23H26F2N2O2/c1-15(16-2-6-18(24)7-3-16)27-13-11-22(23(27)29)26-12-10-20(21(25)14-26)17-4-8-19(28)9-5-17/h2-9,15,20-22,28H,10-14H2,1H3/t15-,20+,21-,22?/m0/s1. The smallest absolute Gasteiger partial charge is 0.240 e. The number of aromatic hydroxyl groups is 1. The van der Waals surface area contributed by atoms with Crippen molar-refractivity contribution in [1.29, 1.82) is 0 Å². The van der Waals surface area contributed by atoms with E-state index in [0.717, 1.165) is 11.1 Å². The van der Waals surface area contributed by atoms with E-state index < -0.39 is 6.17 Å². The van der Waals surface area contributed by atoms with Crippen LogP contribution in [0.25, 0.3) is 0 Å². The van der Waals surface area contributed by atoms with Crippen LogP contribution in [0.15, 0.2) is 48.5 Å². The molecule has 2 aliphatic rings. The number of hydrogen-bond donors (Lipinski definition) is 1. The summed E-state index contributed by atoms with van der Waals surface area (Å²) in [6.45, 7) is 3.47. The number of halogens is 2. The number of nitrogens with zero attached hydrogens (tertiary/aromatic N) is 2. The number of benzene rings is 2. The lowest BCUT2D eigenvalue weighted by Crippen LogP contribution is -2.49. The van der Waals surface area contributed by atoms with Gasteiger partial charge in [0.15, 0.2) is 0 Å². The first kappa shape index (κ1) is 19.8. The minimum atomic E-state index is -1.05. The third kappa shape index (κ3) is 3.99. The molecule has 154 valence electrons. The van der Waals surface area contributed by atoms with Crippen LogP contribution in [0.4, 0.5) is 8.78 Å². The van der Waals surface area contributed by atoms with Gasteiger partial charge in [0.2, 0.25) is 5.91 Å². The van der Waals surface area contributed by atoms with E-state index in [4.69, 9.17) is 0 Å². The van der Waals surface area contributed by atoms with Gasteiger partial charge in [-0.1, -0.05) is 24.3 Å². The summed E-state index contributed by atoms with van der Waals surface area (Å²) in [5.74, 6) is -0.305. The molecule has 0 aliphatic carbocycles. The SMILES string of the molecule is C[C@@H](c1ccc(F)cc1)N1CCC(N2CC[C@H](c3ccc(O)cc3)[C@@H](F)C2)C1=O. The molecule has 2 heterocycles. The molecule has 0 radical (unpaired) electrons. The molecule has 0 bridgehead atoms. The number of phenols is 1. The Bertz CT molecular complexity index is 856. The Balaban J connectivity index is 1.40. The third-order valence-corrected chi connectivity index (χ3v) is 6.37. The van der Waals surface area contributed by atoms with Crippen LogP contribution in [0.2, 0.25) is 0 Å². The number of phenolic OH excluding ortho intramolecular Hbond substituents is 1. The average molecular weight is 400 g/mol. The summed E-state index contributed by atoms with van der Waals surface area (Å²) in [5.41, 5.74) is 1.79. The molecule has 4 atom stereocenters. The fourth-order valence-electron chi connectivity index (χ4n) is 4.64. The van der Waals surface area contributed by atoms with Gasteiger partial charge in [0.25, 0.3) is 0 Å². The zero-order valence-electron chi connectivity index (χ0n) is 16.5. The van der Waals surface area contributed by atoms with Gasteiger partial charge in [-0.25, -0.2) is 8.78 Å². The van der Waals surface area contributed by atoms with Gasteiger partial charge in [0.1, 0.15) is 17.7 Å². The topological polar surface area (TPSA) is 43.8 Å². The summed E-state index contributed by atoms with van der Waals surface area (Å²) in [6.07, 6.45) is 0.272. The van der Waals surface area contributed by atoms with E-state index in [0.29, 0.717) is 25.9 Å². The van der Waals surface area contributed by atoms with Gasteiger partial charge in [-0.15, -0.1) is 0 Å². The Hall–Kier alpha value is -2.47. The van der Waals surface area contributed by atoms with Gasteiger partial charge in [-0.2, -0.15) is 0 Å². The highest BCUT2D eigenvalue weighted by molar-refractivity contribution is 5.84. The maximum atomic E-state index is 15.0. The molecule has 4 nitrogen and oxygen atoms in total. The van der Waals surface area contributed by atoms with Crippen LogP contribution >= 0.6 is 0 Å². The Morgan fingerprint density at radius 3 is 2.38 bits per heavy atom. The molecule has 1 N–H and O–H groups in total. The first-order valence-corrected chi connectivity index (χ1v) is 10.2. The Kier molecular flexibility index (Phi) is 5.54. The Morgan fingerprint density at radius 2 is 1.72 bits per heavy atom. The molecule has 1 amide bonds. The molecule has 0 saturated carbocycles. The van der Waals surface area contributed by atoms with Crippen LogP contribution in [-0.2, 0) is 4.79 Å². The van der Waals surface area contributed by atoms with Crippen molar-refractivity contribution in [1.82, 2.24) is 9.80 Å². The predicted octanol–water partition coefficient (Wildman–Crippen LogP) is 4.02. The zero-order chi connectivity index (χ0) is 20.5. The number of rotatable bonds is 4. The second kappa shape index (κ2) is 8.11. The lowest BCUT2D eigenvalue weighted by atomic mass is 9.87. The summed E-state index contributed by atoms with van der Waals surface area (Å²) >= 11 is 0. The monoisotopic (exact) mass is 400 g/mol. The largest absolute Gasteiger partial charge is 0.508 e. The molecule has 2 fully saturated rings. The predicted molar refractivity (Wildman–Crippen MR) is 107 cm³/mol. The van der Waals surface area contributed by atoms with E-state index in [1.54, 1.807) is 36.4 Å². The van der Waals surface area contributed by atoms with Crippen molar-refractivity contribution in [2.75, 3.05) is 19.6 Å². The number of carbonyl (C=O) groups is 1. The van der Waals surface area contributed by atoms with E-state index in [1.165, 1.54) is 12.1 Å². The van der Waals surface area contributed by atoms with Crippen LogP contribution < -0.4 is 0 Å². The van der Waals surface area contributed by atoms with Crippen molar-refractivity contribution in [2.24, 2.45) is 0 Å². The Labute approximate surface area is 169 Å². The lowest BCUT2D eigenvalue weighted by Gasteiger charge is -2.38. The van der Waals surface area contributed by atoms with Gasteiger partial charge in [-0.3, -0.25) is 9.69 Å². The maximum Gasteiger partial charge on any atom is 0.240 e. The third-order valence-electron chi connectivity index (χ3n) is 6.37. The summed E-state index contributed by atoms with van der Waals surface area (Å²) in [6, 6.07) is 12.5. The number of hydrogen-bond acceptors (Lipinski definition) is 3. The molecule has 2 saturated heterocycles. The molecule has 2 aromatic carbocycles. The highest BCUT2D eigenvalue weighted by Gasteiger charge is 2.42. The molecule has 6 heteroatoms. The van der Waals surface area contributed by atoms with Crippen molar-refractivity contribution in [3.05, 3.63) is 65.5 Å². The molecule has 4 rings (SSSR count). The average Bonchev–Trinajstić information content (AvgIpc) is 3.10. The van der Waals surface area contributed by atoms with Crippen LogP contribution in [-0.4, -0.2) is 52.7 Å². The van der Waals surface area contributed by atoms with Crippen LogP contribution in [0.3, 0.4) is 0 Å². The second-order valence-electron chi connectivity index (χ2n) is 8.06. The van der Waals surface area contributed by atoms with Gasteiger partial charge >= 0.3 is 0 Å². The zero-order valence-corrected chi connectivity index (χ0v) is 16.5. The molecule has 0 spiro atoms. The molecule has 1 unspecified atom stereocenters. The van der Waals surface area contributed by atoms with Crippen molar-refractivity contribution in [2.45, 2.75) is 43.9 Å². The van der Waals surface area contributed by atoms with Gasteiger partial charge in [0, 0.05) is 19.0 Å². The van der Waals surface area contributed by atoms with Crippen LogP contribution in [0.5, 0.6) is 5.75 Å². The van der Waals surface area contributed by atoms with E-state index in [-0.39, 0.29) is 42.0 Å². The lowest BCUT2D eigenvalue weighted by molar-refractivity contribution is -0.134. The molecule has 2 aromatic rings. The molecule has 0 aromatic heterocycles. The fraction of sp³-hybridized carbons (Fsp3) is 0.435. The first-order valence-electron chi connectivity index (χ1n) is 10.2. The highest BCUT2D eigenvalue weighted by Crippen LogP contribution is 2.35. The number of alkyl halides is 1. The van der Waals surface area contributed by atoms with E-state index in [9.17, 15) is 18.7 Å². The Morgan fingerprint density at radius 1 is 1.03 bits per heavy atom. The summed E-state index contributed by atoms with van der Waals surface area (Å²) in [4.78, 5) is 16.8. The number of carbonyl (C=O) groups excluding carboxylic acids is 1. The van der Waals surface area contributed by atoms with Gasteiger partial charge < -0.3 is 10.0 Å². The highest BCUT2D eigenvalue weighted by atomic mass is 19.1. The van der Waals surface area contributed by atoms with Crippen molar-refractivity contribution >= 4 is 5.91 Å². The number of piperidine rings is 1. The summed E-state index contributed by atoms with van der Waals surface area (Å²) in [5, 5.41) is 9.44. The van der Waals surface area contributed by atoms with E-state index >= 15 is 0 Å². The first-order chi connectivity index (χ1) is 13.9. The van der Waals surface area contributed by atoms with E-state index in [1.807, 2.05) is 16.7 Å². The van der Waals surface area contributed by atoms with Crippen molar-refractivity contribution in [3.8, 4) is 5.75 Å². The summed E-state index contributed by atoms with van der Waals surface area (Å²) in [7, 11) is 0. The normalized spacial score (nSPS) is 26.7. The minimum Gasteiger partial charge on any atom is -0.508 e. The minimum absolute atomic E-state index is 0.0251. The fourth-order valence-corrected chi connectivity index (χ4v) is 4.64. The van der Waals surface area contributed by atoms with Crippen molar-refractivity contribution in [3.63, 3.8) is 0 Å². The van der Waals surface area contributed by atoms with Gasteiger partial charge in [-0.05, 0) is 61.7 Å². The van der Waals surface area contributed by atoms with Crippen LogP contribution in [0.1, 0.15) is 42.9 Å². The molecule has 2 aliphatic heterocycles. The maximum absolute atomic E-state index is 15.0. The van der Waals surface area contributed by atoms with Crippen LogP contribution in [0, 0.1) is 5.82 Å². The summed E-state index contributed by atoms with van der Waals surface area (Å²) < 4.78 is 28.1. The van der Waals surface area contributed by atoms with Crippen molar-refractivity contribution < 1.29 is 18.7 Å². The second-order valence-corrected chi connectivity index (χ2v) is 8.06. The number of amides is 1. The molecular weight excluding hydrogens is 374 g/mol. The number of likely N-dealkylation sites (tertiary alicyclic amines) is 2.